The van der Waals surface area contributed by atoms with Crippen molar-refractivity contribution >= 4 is 0 Å². The van der Waals surface area contributed by atoms with Gasteiger partial charge in [0.05, 0.1) is 13.2 Å². The molecule has 0 bridgehead atoms. The van der Waals surface area contributed by atoms with E-state index < -0.39 is 0 Å². The lowest BCUT2D eigenvalue weighted by Gasteiger charge is -2.32. The molecule has 1 aliphatic rings. The molecule has 1 rings (SSSR count). The van der Waals surface area contributed by atoms with Crippen molar-refractivity contribution < 1.29 is 9.84 Å². The maximum Gasteiger partial charge on any atom is 0.0610 e. The summed E-state index contributed by atoms with van der Waals surface area (Å²) in [6.07, 6.45) is 3.42. The first-order chi connectivity index (χ1) is 8.99. The monoisotopic (exact) mass is 272 g/mol. The van der Waals surface area contributed by atoms with Gasteiger partial charge in [-0.25, -0.2) is 0 Å². The molecule has 0 spiro atoms. The lowest BCUT2D eigenvalue weighted by atomic mass is 9.95. The minimum absolute atomic E-state index is 0.139. The number of likely N-dealkylation sites (tertiary alicyclic amines) is 1. The fraction of sp³-hybridized carbons (Fsp3) is 1.00. The van der Waals surface area contributed by atoms with Gasteiger partial charge in [-0.3, -0.25) is 0 Å². The van der Waals surface area contributed by atoms with Gasteiger partial charge in [-0.2, -0.15) is 0 Å². The maximum atomic E-state index is 9.55. The van der Waals surface area contributed by atoms with Gasteiger partial charge < -0.3 is 20.1 Å². The third-order valence-corrected chi connectivity index (χ3v) is 3.96. The molecule has 2 atom stereocenters. The fourth-order valence-corrected chi connectivity index (χ4v) is 3.07. The molecule has 0 aliphatic carbocycles. The molecule has 0 aromatic heterocycles. The standard InChI is InChI=1S/C15H32N2O2/c1-13(2)16-15(3,12-18)7-5-8-17-9-6-14(10-17)11-19-4/h13-14,16,18H,5-12H2,1-4H3. The second-order valence-corrected chi connectivity index (χ2v) is 6.53. The number of aliphatic hydroxyl groups excluding tert-OH is 1. The Kier molecular flexibility index (Phi) is 7.29. The summed E-state index contributed by atoms with van der Waals surface area (Å²) in [7, 11) is 1.78. The van der Waals surface area contributed by atoms with Crippen LogP contribution < -0.4 is 5.32 Å². The van der Waals surface area contributed by atoms with E-state index in [0.29, 0.717) is 12.0 Å². The van der Waals surface area contributed by atoms with Crippen LogP contribution in [0.25, 0.3) is 0 Å². The summed E-state index contributed by atoms with van der Waals surface area (Å²) >= 11 is 0. The lowest BCUT2D eigenvalue weighted by molar-refractivity contribution is 0.144. The Labute approximate surface area is 118 Å². The predicted octanol–water partition coefficient (Wildman–Crippen LogP) is 1.48. The molecule has 0 amide bonds. The van der Waals surface area contributed by atoms with Crippen LogP contribution in [0.4, 0.5) is 0 Å². The highest BCUT2D eigenvalue weighted by Gasteiger charge is 2.25. The first-order valence-corrected chi connectivity index (χ1v) is 7.59. The average molecular weight is 272 g/mol. The molecule has 1 aliphatic heterocycles. The lowest BCUT2D eigenvalue weighted by Crippen LogP contribution is -2.49. The van der Waals surface area contributed by atoms with E-state index in [1.165, 1.54) is 19.5 Å². The minimum atomic E-state index is -0.139. The average Bonchev–Trinajstić information content (AvgIpc) is 2.76. The number of hydrogen-bond donors (Lipinski definition) is 2. The van der Waals surface area contributed by atoms with Crippen molar-refractivity contribution in [1.29, 1.82) is 0 Å². The van der Waals surface area contributed by atoms with Crippen molar-refractivity contribution in [2.24, 2.45) is 5.92 Å². The van der Waals surface area contributed by atoms with Gasteiger partial charge in [0.15, 0.2) is 0 Å². The smallest absolute Gasteiger partial charge is 0.0610 e. The molecular weight excluding hydrogens is 240 g/mol. The fourth-order valence-electron chi connectivity index (χ4n) is 3.07. The summed E-state index contributed by atoms with van der Waals surface area (Å²) in [6, 6.07) is 0.412. The van der Waals surface area contributed by atoms with E-state index in [-0.39, 0.29) is 12.1 Å². The van der Waals surface area contributed by atoms with Gasteiger partial charge >= 0.3 is 0 Å². The SMILES string of the molecule is COCC1CCN(CCCC(C)(CO)NC(C)C)C1. The zero-order chi connectivity index (χ0) is 14.3. The first kappa shape index (κ1) is 16.9. The van der Waals surface area contributed by atoms with Crippen molar-refractivity contribution in [3.05, 3.63) is 0 Å². The number of hydrogen-bond acceptors (Lipinski definition) is 4. The summed E-state index contributed by atoms with van der Waals surface area (Å²) < 4.78 is 5.22. The Morgan fingerprint density at radius 2 is 2.21 bits per heavy atom. The van der Waals surface area contributed by atoms with Crippen LogP contribution in [0.15, 0.2) is 0 Å². The van der Waals surface area contributed by atoms with E-state index in [0.717, 1.165) is 26.0 Å². The van der Waals surface area contributed by atoms with Crippen LogP contribution in [0, 0.1) is 5.92 Å². The van der Waals surface area contributed by atoms with Crippen molar-refractivity contribution in [2.45, 2.75) is 51.6 Å². The van der Waals surface area contributed by atoms with Crippen LogP contribution in [0.5, 0.6) is 0 Å². The highest BCUT2D eigenvalue weighted by atomic mass is 16.5. The molecule has 4 heteroatoms. The molecular formula is C15H32N2O2. The van der Waals surface area contributed by atoms with Gasteiger partial charge in [0.2, 0.25) is 0 Å². The summed E-state index contributed by atoms with van der Waals surface area (Å²) in [5.74, 6) is 0.711. The van der Waals surface area contributed by atoms with Crippen LogP contribution in [0.2, 0.25) is 0 Å². The zero-order valence-electron chi connectivity index (χ0n) is 13.1. The molecule has 19 heavy (non-hydrogen) atoms. The number of nitrogens with one attached hydrogen (secondary N) is 1. The molecule has 1 saturated heterocycles. The van der Waals surface area contributed by atoms with E-state index in [4.69, 9.17) is 4.74 Å². The molecule has 1 heterocycles. The van der Waals surface area contributed by atoms with E-state index in [9.17, 15) is 5.11 Å². The Morgan fingerprint density at radius 3 is 2.79 bits per heavy atom. The Hall–Kier alpha value is -0.160. The Morgan fingerprint density at radius 1 is 1.47 bits per heavy atom. The molecule has 0 aromatic rings. The number of aliphatic hydroxyl groups is 1. The first-order valence-electron chi connectivity index (χ1n) is 7.59. The molecule has 1 fully saturated rings. The minimum Gasteiger partial charge on any atom is -0.394 e. The van der Waals surface area contributed by atoms with Crippen molar-refractivity contribution in [3.63, 3.8) is 0 Å². The van der Waals surface area contributed by atoms with Gasteiger partial charge in [0.25, 0.3) is 0 Å². The van der Waals surface area contributed by atoms with E-state index in [1.807, 2.05) is 0 Å². The van der Waals surface area contributed by atoms with Gasteiger partial charge in [-0.05, 0) is 45.2 Å². The highest BCUT2D eigenvalue weighted by Crippen LogP contribution is 2.19. The maximum absolute atomic E-state index is 9.55. The van der Waals surface area contributed by atoms with E-state index >= 15 is 0 Å². The number of methoxy groups -OCH3 is 1. The molecule has 0 aromatic carbocycles. The van der Waals surface area contributed by atoms with Gasteiger partial charge in [-0.1, -0.05) is 13.8 Å². The molecule has 2 unspecified atom stereocenters. The number of rotatable bonds is 9. The van der Waals surface area contributed by atoms with Crippen LogP contribution in [0.3, 0.4) is 0 Å². The molecule has 2 N–H and O–H groups in total. The zero-order valence-corrected chi connectivity index (χ0v) is 13.1. The third-order valence-electron chi connectivity index (χ3n) is 3.96. The highest BCUT2D eigenvalue weighted by molar-refractivity contribution is 4.84. The second-order valence-electron chi connectivity index (χ2n) is 6.53. The number of ether oxygens (including phenoxy) is 1. The molecule has 0 saturated carbocycles. The molecule has 4 nitrogen and oxygen atoms in total. The third kappa shape index (κ3) is 6.21. The van der Waals surface area contributed by atoms with Crippen LogP contribution in [-0.4, -0.2) is 61.5 Å². The molecule has 0 radical (unpaired) electrons. The number of nitrogens with zero attached hydrogens (tertiary/aromatic N) is 1. The van der Waals surface area contributed by atoms with Crippen LogP contribution in [-0.2, 0) is 4.74 Å². The van der Waals surface area contributed by atoms with Crippen molar-refractivity contribution in [3.8, 4) is 0 Å². The quantitative estimate of drug-likeness (QED) is 0.667. The largest absolute Gasteiger partial charge is 0.394 e. The summed E-state index contributed by atoms with van der Waals surface area (Å²) in [6.45, 7) is 11.0. The van der Waals surface area contributed by atoms with Crippen molar-refractivity contribution in [2.75, 3.05) is 40.0 Å². The predicted molar refractivity (Wildman–Crippen MR) is 79.4 cm³/mol. The van der Waals surface area contributed by atoms with E-state index in [1.54, 1.807) is 7.11 Å². The normalized spacial score (nSPS) is 24.0. The summed E-state index contributed by atoms with van der Waals surface area (Å²) in [4.78, 5) is 2.52. The van der Waals surface area contributed by atoms with Gasteiger partial charge in [0, 0.05) is 25.2 Å². The van der Waals surface area contributed by atoms with E-state index in [2.05, 4.69) is 31.0 Å². The summed E-state index contributed by atoms with van der Waals surface area (Å²) in [5, 5.41) is 13.0. The summed E-state index contributed by atoms with van der Waals surface area (Å²) in [5.41, 5.74) is -0.139. The molecule has 114 valence electrons. The van der Waals surface area contributed by atoms with Crippen molar-refractivity contribution in [1.82, 2.24) is 10.2 Å². The van der Waals surface area contributed by atoms with Crippen LogP contribution >= 0.6 is 0 Å². The topological polar surface area (TPSA) is 44.7 Å². The Balaban J connectivity index is 2.22. The van der Waals surface area contributed by atoms with Gasteiger partial charge in [-0.15, -0.1) is 0 Å². The Bertz CT molecular complexity index is 248. The van der Waals surface area contributed by atoms with Gasteiger partial charge in [0.1, 0.15) is 0 Å². The second kappa shape index (κ2) is 8.20. The van der Waals surface area contributed by atoms with Crippen LogP contribution in [0.1, 0.15) is 40.0 Å².